The molecule has 0 saturated carbocycles. The van der Waals surface area contributed by atoms with Gasteiger partial charge in [-0.3, -0.25) is 4.79 Å². The van der Waals surface area contributed by atoms with Crippen LogP contribution in [0, 0.1) is 0 Å². The van der Waals surface area contributed by atoms with Crippen molar-refractivity contribution in [3.8, 4) is 0 Å². The Kier molecular flexibility index (Phi) is 7.29. The third-order valence-electron chi connectivity index (χ3n) is 4.13. The van der Waals surface area contributed by atoms with Gasteiger partial charge in [0.15, 0.2) is 0 Å². The molecule has 0 fully saturated rings. The maximum Gasteiger partial charge on any atom is 0.220 e. The van der Waals surface area contributed by atoms with Crippen molar-refractivity contribution >= 4 is 17.5 Å². The number of amides is 1. The van der Waals surface area contributed by atoms with Gasteiger partial charge < -0.3 is 10.2 Å². The second kappa shape index (κ2) is 9.45. The summed E-state index contributed by atoms with van der Waals surface area (Å²) in [6.07, 6.45) is 2.52. The number of benzene rings is 2. The molecule has 0 unspecified atom stereocenters. The molecule has 0 aliphatic carbocycles. The molecule has 4 heteroatoms. The van der Waals surface area contributed by atoms with Crippen LogP contribution in [0.15, 0.2) is 48.5 Å². The molecule has 1 amide bonds. The van der Waals surface area contributed by atoms with E-state index in [2.05, 4.69) is 29.4 Å². The molecule has 1 aliphatic heterocycles. The Bertz CT molecular complexity index is 658. The summed E-state index contributed by atoms with van der Waals surface area (Å²) in [5.74, 6) is 0.0962. The van der Waals surface area contributed by atoms with E-state index in [9.17, 15) is 4.79 Å². The first-order valence-corrected chi connectivity index (χ1v) is 8.66. The Hall–Kier alpha value is -1.84. The van der Waals surface area contributed by atoms with Crippen LogP contribution < -0.4 is 5.32 Å². The van der Waals surface area contributed by atoms with Gasteiger partial charge in [-0.15, -0.1) is 0 Å². The summed E-state index contributed by atoms with van der Waals surface area (Å²) in [5.41, 5.74) is 4.05. The third-order valence-corrected chi connectivity index (χ3v) is 4.37. The molecule has 0 bridgehead atoms. The van der Waals surface area contributed by atoms with Crippen LogP contribution in [0.3, 0.4) is 0 Å². The molecule has 1 heterocycles. The number of nitrogens with one attached hydrogen (secondary N) is 1. The number of rotatable bonds is 3. The lowest BCUT2D eigenvalue weighted by molar-refractivity contribution is -0.120. The van der Waals surface area contributed by atoms with Gasteiger partial charge >= 0.3 is 0 Å². The smallest absolute Gasteiger partial charge is 0.220 e. The average Bonchev–Trinajstić information content (AvgIpc) is 2.61. The summed E-state index contributed by atoms with van der Waals surface area (Å²) in [4.78, 5) is 13.2. The van der Waals surface area contributed by atoms with Crippen LogP contribution in [0.4, 0.5) is 0 Å². The van der Waals surface area contributed by atoms with E-state index in [4.69, 9.17) is 11.6 Å². The van der Waals surface area contributed by atoms with Gasteiger partial charge in [0.1, 0.15) is 0 Å². The van der Waals surface area contributed by atoms with E-state index < -0.39 is 0 Å². The summed E-state index contributed by atoms with van der Waals surface area (Å²) < 4.78 is 0. The SMILES string of the molecule is CN1CCc2cc(Cl)ccc2C1.CNC(=O)CCc1ccccc1. The van der Waals surface area contributed by atoms with E-state index in [0.29, 0.717) is 6.42 Å². The first-order valence-electron chi connectivity index (χ1n) is 8.29. The number of hydrogen-bond donors (Lipinski definition) is 1. The van der Waals surface area contributed by atoms with Gasteiger partial charge in [-0.25, -0.2) is 0 Å². The third kappa shape index (κ3) is 5.99. The Balaban J connectivity index is 0.000000174. The summed E-state index contributed by atoms with van der Waals surface area (Å²) >= 11 is 5.90. The van der Waals surface area contributed by atoms with E-state index in [1.165, 1.54) is 16.7 Å². The Morgan fingerprint density at radius 3 is 2.62 bits per heavy atom. The Labute approximate surface area is 149 Å². The van der Waals surface area contributed by atoms with Crippen molar-refractivity contribution in [2.45, 2.75) is 25.8 Å². The van der Waals surface area contributed by atoms with Crippen molar-refractivity contribution < 1.29 is 4.79 Å². The standard InChI is InChI=1S/C10H12ClN.C10H13NO/c1-12-5-4-8-6-10(11)3-2-9(8)7-12;1-11-10(12)8-7-9-5-3-2-4-6-9/h2-3,6H,4-5,7H2,1H3;2-6H,7-8H2,1H3,(H,11,12). The molecule has 2 aromatic rings. The van der Waals surface area contributed by atoms with E-state index in [-0.39, 0.29) is 5.91 Å². The fraction of sp³-hybridized carbons (Fsp3) is 0.350. The largest absolute Gasteiger partial charge is 0.359 e. The molecule has 1 N–H and O–H groups in total. The molecule has 1 aliphatic rings. The fourth-order valence-electron chi connectivity index (χ4n) is 2.69. The van der Waals surface area contributed by atoms with E-state index in [1.54, 1.807) is 7.05 Å². The highest BCUT2D eigenvalue weighted by Crippen LogP contribution is 2.21. The second-order valence-electron chi connectivity index (χ2n) is 6.06. The van der Waals surface area contributed by atoms with Gasteiger partial charge in [0.2, 0.25) is 5.91 Å². The molecule has 0 spiro atoms. The van der Waals surface area contributed by atoms with E-state index >= 15 is 0 Å². The number of aryl methyl sites for hydroxylation is 1. The predicted molar refractivity (Wildman–Crippen MR) is 100 cm³/mol. The predicted octanol–water partition coefficient (Wildman–Crippen LogP) is 3.69. The quantitative estimate of drug-likeness (QED) is 0.921. The average molecular weight is 345 g/mol. The highest BCUT2D eigenvalue weighted by Gasteiger charge is 2.12. The van der Waals surface area contributed by atoms with Gasteiger partial charge in [0, 0.05) is 31.6 Å². The molecular weight excluding hydrogens is 320 g/mol. The fourth-order valence-corrected chi connectivity index (χ4v) is 2.88. The number of carbonyl (C=O) groups is 1. The van der Waals surface area contributed by atoms with Crippen LogP contribution in [0.5, 0.6) is 0 Å². The van der Waals surface area contributed by atoms with E-state index in [0.717, 1.165) is 31.0 Å². The molecule has 0 saturated heterocycles. The molecule has 24 heavy (non-hydrogen) atoms. The number of halogens is 1. The lowest BCUT2D eigenvalue weighted by atomic mass is 10.0. The zero-order valence-electron chi connectivity index (χ0n) is 14.4. The van der Waals surface area contributed by atoms with Gasteiger partial charge in [0.05, 0.1) is 0 Å². The second-order valence-corrected chi connectivity index (χ2v) is 6.50. The maximum absolute atomic E-state index is 10.9. The monoisotopic (exact) mass is 344 g/mol. The van der Waals surface area contributed by atoms with Crippen LogP contribution in [-0.2, 0) is 24.2 Å². The first-order chi connectivity index (χ1) is 11.6. The topological polar surface area (TPSA) is 32.3 Å². The highest BCUT2D eigenvalue weighted by atomic mass is 35.5. The van der Waals surface area contributed by atoms with Crippen LogP contribution in [-0.4, -0.2) is 31.4 Å². The molecule has 128 valence electrons. The number of hydrogen-bond acceptors (Lipinski definition) is 2. The molecular formula is C20H25ClN2O. The number of fused-ring (bicyclic) bond motifs is 1. The van der Waals surface area contributed by atoms with Crippen LogP contribution >= 0.6 is 11.6 Å². The minimum Gasteiger partial charge on any atom is -0.359 e. The van der Waals surface area contributed by atoms with Crippen molar-refractivity contribution in [2.24, 2.45) is 0 Å². The minimum absolute atomic E-state index is 0.0962. The zero-order valence-corrected chi connectivity index (χ0v) is 15.1. The number of nitrogens with zero attached hydrogens (tertiary/aromatic N) is 1. The van der Waals surface area contributed by atoms with Crippen LogP contribution in [0.1, 0.15) is 23.1 Å². The van der Waals surface area contributed by atoms with Crippen molar-refractivity contribution in [2.75, 3.05) is 20.6 Å². The molecule has 2 aromatic carbocycles. The highest BCUT2D eigenvalue weighted by molar-refractivity contribution is 6.30. The summed E-state index contributed by atoms with van der Waals surface area (Å²) in [7, 11) is 3.81. The van der Waals surface area contributed by atoms with Crippen molar-refractivity contribution in [1.82, 2.24) is 10.2 Å². The van der Waals surface area contributed by atoms with Gasteiger partial charge in [-0.1, -0.05) is 48.0 Å². The molecule has 3 rings (SSSR count). The normalized spacial score (nSPS) is 13.5. The zero-order chi connectivity index (χ0) is 17.4. The van der Waals surface area contributed by atoms with Crippen molar-refractivity contribution in [1.29, 1.82) is 0 Å². The summed E-state index contributed by atoms with van der Waals surface area (Å²) in [6.45, 7) is 2.21. The van der Waals surface area contributed by atoms with Crippen LogP contribution in [0.2, 0.25) is 5.02 Å². The van der Waals surface area contributed by atoms with E-state index in [1.807, 2.05) is 36.4 Å². The summed E-state index contributed by atoms with van der Waals surface area (Å²) in [6, 6.07) is 16.2. The first kappa shape index (κ1) is 18.5. The number of carbonyl (C=O) groups excluding carboxylic acids is 1. The molecule has 0 atom stereocenters. The molecule has 0 aromatic heterocycles. The number of likely N-dealkylation sites (N-methyl/N-ethyl adjacent to an activating group) is 1. The summed E-state index contributed by atoms with van der Waals surface area (Å²) in [5, 5.41) is 3.46. The van der Waals surface area contributed by atoms with Crippen LogP contribution in [0.25, 0.3) is 0 Å². The maximum atomic E-state index is 10.9. The Morgan fingerprint density at radius 2 is 1.92 bits per heavy atom. The Morgan fingerprint density at radius 1 is 1.17 bits per heavy atom. The van der Waals surface area contributed by atoms with Crippen molar-refractivity contribution in [3.63, 3.8) is 0 Å². The lowest BCUT2D eigenvalue weighted by Crippen LogP contribution is -2.26. The molecule has 3 nitrogen and oxygen atoms in total. The molecule has 0 radical (unpaired) electrons. The van der Waals surface area contributed by atoms with Gasteiger partial charge in [-0.05, 0) is 48.7 Å². The lowest BCUT2D eigenvalue weighted by Gasteiger charge is -2.24. The van der Waals surface area contributed by atoms with Gasteiger partial charge in [0.25, 0.3) is 0 Å². The van der Waals surface area contributed by atoms with Gasteiger partial charge in [-0.2, -0.15) is 0 Å². The minimum atomic E-state index is 0.0962. The van der Waals surface area contributed by atoms with Crippen molar-refractivity contribution in [3.05, 3.63) is 70.2 Å².